The molecule has 0 radical (unpaired) electrons. The van der Waals surface area contributed by atoms with Crippen LogP contribution in [0.5, 0.6) is 5.75 Å². The van der Waals surface area contributed by atoms with E-state index < -0.39 is 0 Å². The Morgan fingerprint density at radius 3 is 2.71 bits per heavy atom. The topological polar surface area (TPSA) is 35.2 Å². The van der Waals surface area contributed by atoms with E-state index in [0.717, 1.165) is 15.2 Å². The number of fused-ring (bicyclic) bond motifs is 1. The maximum atomic E-state index is 5.89. The minimum Gasteiger partial charge on any atom is -0.495 e. The highest BCUT2D eigenvalue weighted by Gasteiger charge is 2.07. The van der Waals surface area contributed by atoms with E-state index in [-0.39, 0.29) is 0 Å². The molecule has 0 heterocycles. The second-order valence-electron chi connectivity index (χ2n) is 3.03. The molecule has 2 aromatic rings. The second kappa shape index (κ2) is 3.50. The van der Waals surface area contributed by atoms with E-state index in [1.54, 1.807) is 7.11 Å². The van der Waals surface area contributed by atoms with Gasteiger partial charge < -0.3 is 10.5 Å². The molecule has 2 aromatic carbocycles. The standard InChI is InChI=1S/C11H10BrNO/c1-14-9-6-7-4-2-3-5-8(7)10(12)11(9)13/h2-6H,13H2,1H3. The molecule has 0 fully saturated rings. The van der Waals surface area contributed by atoms with E-state index >= 15 is 0 Å². The third-order valence-corrected chi connectivity index (χ3v) is 3.06. The van der Waals surface area contributed by atoms with Crippen molar-refractivity contribution in [1.29, 1.82) is 0 Å². The zero-order chi connectivity index (χ0) is 10.1. The predicted octanol–water partition coefficient (Wildman–Crippen LogP) is 3.19. The number of ether oxygens (including phenoxy) is 1. The van der Waals surface area contributed by atoms with Gasteiger partial charge in [0.25, 0.3) is 0 Å². The molecule has 0 saturated carbocycles. The first-order valence-electron chi connectivity index (χ1n) is 4.24. The van der Waals surface area contributed by atoms with Crippen LogP contribution in [0.3, 0.4) is 0 Å². The minimum absolute atomic E-state index is 0.645. The molecule has 0 aromatic heterocycles. The fraction of sp³-hybridized carbons (Fsp3) is 0.0909. The van der Waals surface area contributed by atoms with Crippen molar-refractivity contribution < 1.29 is 4.74 Å². The number of anilines is 1. The summed E-state index contributed by atoms with van der Waals surface area (Å²) in [6, 6.07) is 9.97. The molecular weight excluding hydrogens is 242 g/mol. The molecular formula is C11H10BrNO. The maximum absolute atomic E-state index is 5.89. The second-order valence-corrected chi connectivity index (χ2v) is 3.82. The lowest BCUT2D eigenvalue weighted by atomic mass is 10.1. The van der Waals surface area contributed by atoms with Crippen molar-refractivity contribution in [1.82, 2.24) is 0 Å². The van der Waals surface area contributed by atoms with Gasteiger partial charge in [-0.1, -0.05) is 24.3 Å². The predicted molar refractivity (Wildman–Crippen MR) is 62.6 cm³/mol. The summed E-state index contributed by atoms with van der Waals surface area (Å²) in [5.74, 6) is 0.704. The lowest BCUT2D eigenvalue weighted by molar-refractivity contribution is 0.417. The zero-order valence-electron chi connectivity index (χ0n) is 7.75. The SMILES string of the molecule is COc1cc2ccccc2c(Br)c1N. The van der Waals surface area contributed by atoms with Gasteiger partial charge >= 0.3 is 0 Å². The van der Waals surface area contributed by atoms with Crippen LogP contribution in [-0.4, -0.2) is 7.11 Å². The van der Waals surface area contributed by atoms with E-state index in [2.05, 4.69) is 15.9 Å². The summed E-state index contributed by atoms with van der Waals surface area (Å²) < 4.78 is 6.07. The van der Waals surface area contributed by atoms with Crippen LogP contribution in [0.4, 0.5) is 5.69 Å². The fourth-order valence-corrected chi connectivity index (χ4v) is 2.02. The number of hydrogen-bond acceptors (Lipinski definition) is 2. The van der Waals surface area contributed by atoms with Gasteiger partial charge in [0.15, 0.2) is 0 Å². The Labute approximate surface area is 90.8 Å². The number of halogens is 1. The summed E-state index contributed by atoms with van der Waals surface area (Å²) in [5.41, 5.74) is 6.53. The number of rotatable bonds is 1. The number of benzene rings is 2. The van der Waals surface area contributed by atoms with Gasteiger partial charge in [0.2, 0.25) is 0 Å². The van der Waals surface area contributed by atoms with E-state index in [9.17, 15) is 0 Å². The molecule has 3 heteroatoms. The van der Waals surface area contributed by atoms with Crippen LogP contribution in [0.1, 0.15) is 0 Å². The van der Waals surface area contributed by atoms with Crippen molar-refractivity contribution in [2.75, 3.05) is 12.8 Å². The maximum Gasteiger partial charge on any atom is 0.143 e. The van der Waals surface area contributed by atoms with E-state index in [1.807, 2.05) is 30.3 Å². The van der Waals surface area contributed by atoms with Crippen LogP contribution in [0.25, 0.3) is 10.8 Å². The molecule has 0 amide bonds. The molecule has 72 valence electrons. The van der Waals surface area contributed by atoms with Gasteiger partial charge in [-0.3, -0.25) is 0 Å². The molecule has 0 aliphatic heterocycles. The first-order chi connectivity index (χ1) is 6.74. The van der Waals surface area contributed by atoms with E-state index in [1.165, 1.54) is 0 Å². The van der Waals surface area contributed by atoms with Crippen LogP contribution < -0.4 is 10.5 Å². The molecule has 14 heavy (non-hydrogen) atoms. The van der Waals surface area contributed by atoms with Crippen molar-refractivity contribution in [3.8, 4) is 5.75 Å². The number of nitrogens with two attached hydrogens (primary N) is 1. The van der Waals surface area contributed by atoms with Crippen molar-refractivity contribution in [2.45, 2.75) is 0 Å². The monoisotopic (exact) mass is 251 g/mol. The summed E-state index contributed by atoms with van der Waals surface area (Å²) in [4.78, 5) is 0. The van der Waals surface area contributed by atoms with Crippen LogP contribution in [0.15, 0.2) is 34.8 Å². The van der Waals surface area contributed by atoms with Gasteiger partial charge in [-0.2, -0.15) is 0 Å². The number of nitrogen functional groups attached to an aromatic ring is 1. The van der Waals surface area contributed by atoms with E-state index in [4.69, 9.17) is 10.5 Å². The average molecular weight is 252 g/mol. The normalized spacial score (nSPS) is 10.4. The molecule has 2 rings (SSSR count). The van der Waals surface area contributed by atoms with Gasteiger partial charge in [0, 0.05) is 0 Å². The number of methoxy groups -OCH3 is 1. The number of hydrogen-bond donors (Lipinski definition) is 1. The van der Waals surface area contributed by atoms with Gasteiger partial charge in [0.05, 0.1) is 17.3 Å². The summed E-state index contributed by atoms with van der Waals surface area (Å²) in [7, 11) is 1.62. The van der Waals surface area contributed by atoms with Gasteiger partial charge in [-0.05, 0) is 32.8 Å². The van der Waals surface area contributed by atoms with Gasteiger partial charge in [-0.15, -0.1) is 0 Å². The Morgan fingerprint density at radius 2 is 2.00 bits per heavy atom. The Bertz CT molecular complexity index is 482. The molecule has 2 nitrogen and oxygen atoms in total. The minimum atomic E-state index is 0.645. The van der Waals surface area contributed by atoms with Crippen LogP contribution in [-0.2, 0) is 0 Å². The summed E-state index contributed by atoms with van der Waals surface area (Å²) in [6.07, 6.45) is 0. The highest BCUT2D eigenvalue weighted by Crippen LogP contribution is 2.36. The molecule has 0 unspecified atom stereocenters. The Hall–Kier alpha value is -1.22. The molecule has 0 atom stereocenters. The van der Waals surface area contributed by atoms with Gasteiger partial charge in [0.1, 0.15) is 5.75 Å². The quantitative estimate of drug-likeness (QED) is 0.791. The molecule has 0 saturated heterocycles. The average Bonchev–Trinajstić information content (AvgIpc) is 2.23. The summed E-state index contributed by atoms with van der Waals surface area (Å²) in [6.45, 7) is 0. The van der Waals surface area contributed by atoms with Crippen LogP contribution >= 0.6 is 15.9 Å². The van der Waals surface area contributed by atoms with E-state index in [0.29, 0.717) is 11.4 Å². The Balaban J connectivity index is 2.85. The molecule has 0 bridgehead atoms. The highest BCUT2D eigenvalue weighted by atomic mass is 79.9. The third-order valence-electron chi connectivity index (χ3n) is 2.21. The highest BCUT2D eigenvalue weighted by molar-refractivity contribution is 9.10. The lowest BCUT2D eigenvalue weighted by Gasteiger charge is -2.09. The first-order valence-corrected chi connectivity index (χ1v) is 5.04. The third kappa shape index (κ3) is 1.34. The van der Waals surface area contributed by atoms with Crippen LogP contribution in [0, 0.1) is 0 Å². The van der Waals surface area contributed by atoms with Gasteiger partial charge in [-0.25, -0.2) is 0 Å². The zero-order valence-corrected chi connectivity index (χ0v) is 9.34. The molecule has 2 N–H and O–H groups in total. The first kappa shape index (κ1) is 9.34. The fourth-order valence-electron chi connectivity index (χ4n) is 1.46. The van der Waals surface area contributed by atoms with Crippen molar-refractivity contribution in [2.24, 2.45) is 0 Å². The molecule has 0 spiro atoms. The van der Waals surface area contributed by atoms with Crippen molar-refractivity contribution >= 4 is 32.4 Å². The summed E-state index contributed by atoms with van der Waals surface area (Å²) in [5, 5.41) is 2.22. The molecule has 0 aliphatic carbocycles. The van der Waals surface area contributed by atoms with Crippen molar-refractivity contribution in [3.05, 3.63) is 34.8 Å². The largest absolute Gasteiger partial charge is 0.495 e. The lowest BCUT2D eigenvalue weighted by Crippen LogP contribution is -1.94. The Morgan fingerprint density at radius 1 is 1.29 bits per heavy atom. The summed E-state index contributed by atoms with van der Waals surface area (Å²) >= 11 is 3.47. The van der Waals surface area contributed by atoms with Crippen LogP contribution in [0.2, 0.25) is 0 Å². The molecule has 0 aliphatic rings. The Kier molecular flexibility index (Phi) is 2.33. The smallest absolute Gasteiger partial charge is 0.143 e. The van der Waals surface area contributed by atoms with Crippen molar-refractivity contribution in [3.63, 3.8) is 0 Å².